The Morgan fingerprint density at radius 1 is 1.17 bits per heavy atom. The second-order valence-electron chi connectivity index (χ2n) is 5.37. The molecule has 0 aliphatic rings. The summed E-state index contributed by atoms with van der Waals surface area (Å²) >= 11 is 5.95. The first kappa shape index (κ1) is 17.2. The average Bonchev–Trinajstić information content (AvgIpc) is 2.53. The maximum atomic E-state index is 12.1. The Labute approximate surface area is 141 Å². The molecule has 2 aromatic carbocycles. The number of hydrogen-bond donors (Lipinski definition) is 1. The summed E-state index contributed by atoms with van der Waals surface area (Å²) in [6.07, 6.45) is 0. The van der Waals surface area contributed by atoms with E-state index in [0.29, 0.717) is 22.4 Å². The van der Waals surface area contributed by atoms with Crippen LogP contribution in [0.2, 0.25) is 5.02 Å². The van der Waals surface area contributed by atoms with E-state index in [9.17, 15) is 4.79 Å². The van der Waals surface area contributed by atoms with Gasteiger partial charge in [0, 0.05) is 5.02 Å². The zero-order valence-corrected chi connectivity index (χ0v) is 14.2. The molecular weight excluding hydrogens is 314 g/mol. The Balaban J connectivity index is 2.03. The first-order valence-electron chi connectivity index (χ1n) is 7.36. The molecule has 0 unspecified atom stereocenters. The van der Waals surface area contributed by atoms with E-state index in [1.165, 1.54) is 7.11 Å². The third-order valence-corrected chi connectivity index (χ3v) is 3.57. The van der Waals surface area contributed by atoms with Crippen LogP contribution in [0.25, 0.3) is 0 Å². The fourth-order valence-electron chi connectivity index (χ4n) is 2.20. The van der Waals surface area contributed by atoms with Gasteiger partial charge >= 0.3 is 0 Å². The van der Waals surface area contributed by atoms with Crippen molar-refractivity contribution in [1.82, 2.24) is 0 Å². The molecule has 0 saturated heterocycles. The van der Waals surface area contributed by atoms with Gasteiger partial charge in [0.25, 0.3) is 5.91 Å². The molecule has 0 saturated carbocycles. The summed E-state index contributed by atoms with van der Waals surface area (Å²) < 4.78 is 10.9. The van der Waals surface area contributed by atoms with Crippen molar-refractivity contribution in [2.75, 3.05) is 19.0 Å². The normalized spacial score (nSPS) is 10.5. The fraction of sp³-hybridized carbons (Fsp3) is 0.278. The molecule has 4 nitrogen and oxygen atoms in total. The number of carbonyl (C=O) groups is 1. The van der Waals surface area contributed by atoms with E-state index in [0.717, 1.165) is 11.3 Å². The van der Waals surface area contributed by atoms with Crippen LogP contribution >= 0.6 is 11.6 Å². The predicted molar refractivity (Wildman–Crippen MR) is 92.7 cm³/mol. The summed E-state index contributed by atoms with van der Waals surface area (Å²) in [5.41, 5.74) is 1.59. The first-order valence-corrected chi connectivity index (χ1v) is 7.74. The smallest absolute Gasteiger partial charge is 0.262 e. The second-order valence-corrected chi connectivity index (χ2v) is 5.81. The largest absolute Gasteiger partial charge is 0.495 e. The van der Waals surface area contributed by atoms with Crippen LogP contribution in [-0.2, 0) is 4.79 Å². The number of ether oxygens (including phenoxy) is 2. The molecule has 2 rings (SSSR count). The highest BCUT2D eigenvalue weighted by molar-refractivity contribution is 6.31. The molecule has 0 atom stereocenters. The molecule has 122 valence electrons. The fourth-order valence-corrected chi connectivity index (χ4v) is 2.37. The van der Waals surface area contributed by atoms with Gasteiger partial charge in [-0.3, -0.25) is 4.79 Å². The monoisotopic (exact) mass is 333 g/mol. The number of carbonyl (C=O) groups excluding carboxylic acids is 1. The molecular formula is C18H20ClNO3. The maximum absolute atomic E-state index is 12.1. The number of rotatable bonds is 6. The van der Waals surface area contributed by atoms with Gasteiger partial charge in [-0.2, -0.15) is 0 Å². The van der Waals surface area contributed by atoms with Gasteiger partial charge in [0.15, 0.2) is 6.61 Å². The number of amides is 1. The first-order chi connectivity index (χ1) is 11.0. The Bertz CT molecular complexity index is 686. The summed E-state index contributed by atoms with van der Waals surface area (Å²) in [6, 6.07) is 12.7. The number of hydrogen-bond acceptors (Lipinski definition) is 3. The lowest BCUT2D eigenvalue weighted by atomic mass is 10.0. The summed E-state index contributed by atoms with van der Waals surface area (Å²) in [7, 11) is 1.54. The van der Waals surface area contributed by atoms with Crippen molar-refractivity contribution in [2.45, 2.75) is 19.8 Å². The van der Waals surface area contributed by atoms with Crippen molar-refractivity contribution in [2.24, 2.45) is 0 Å². The molecule has 1 amide bonds. The van der Waals surface area contributed by atoms with E-state index >= 15 is 0 Å². The van der Waals surface area contributed by atoms with Crippen LogP contribution in [0, 0.1) is 0 Å². The highest BCUT2D eigenvalue weighted by Gasteiger charge is 2.11. The van der Waals surface area contributed by atoms with E-state index in [2.05, 4.69) is 19.2 Å². The lowest BCUT2D eigenvalue weighted by Crippen LogP contribution is -2.21. The van der Waals surface area contributed by atoms with E-state index in [1.807, 2.05) is 24.3 Å². The van der Waals surface area contributed by atoms with Gasteiger partial charge < -0.3 is 14.8 Å². The molecule has 0 bridgehead atoms. The molecule has 0 aliphatic heterocycles. The minimum Gasteiger partial charge on any atom is -0.495 e. The lowest BCUT2D eigenvalue weighted by molar-refractivity contribution is -0.118. The molecule has 0 radical (unpaired) electrons. The number of para-hydroxylation sites is 1. The molecule has 1 N–H and O–H groups in total. The van der Waals surface area contributed by atoms with Crippen LogP contribution in [0.4, 0.5) is 5.69 Å². The van der Waals surface area contributed by atoms with E-state index in [1.54, 1.807) is 18.2 Å². The number of nitrogens with one attached hydrogen (secondary N) is 1. The summed E-state index contributed by atoms with van der Waals surface area (Å²) in [6.45, 7) is 4.08. The molecule has 5 heteroatoms. The van der Waals surface area contributed by atoms with Gasteiger partial charge in [-0.05, 0) is 35.7 Å². The Morgan fingerprint density at radius 3 is 2.61 bits per heavy atom. The molecule has 23 heavy (non-hydrogen) atoms. The highest BCUT2D eigenvalue weighted by atomic mass is 35.5. The van der Waals surface area contributed by atoms with Crippen LogP contribution in [0.15, 0.2) is 42.5 Å². The molecule has 0 fully saturated rings. The predicted octanol–water partition coefficient (Wildman–Crippen LogP) is 4.49. The van der Waals surface area contributed by atoms with Crippen molar-refractivity contribution in [3.05, 3.63) is 53.1 Å². The molecule has 2 aromatic rings. The van der Waals surface area contributed by atoms with Crippen LogP contribution in [-0.4, -0.2) is 19.6 Å². The molecule has 0 heterocycles. The van der Waals surface area contributed by atoms with Crippen molar-refractivity contribution in [3.8, 4) is 11.5 Å². The van der Waals surface area contributed by atoms with Gasteiger partial charge in [-0.1, -0.05) is 43.6 Å². The van der Waals surface area contributed by atoms with E-state index in [4.69, 9.17) is 21.1 Å². The third kappa shape index (κ3) is 4.63. The van der Waals surface area contributed by atoms with Crippen molar-refractivity contribution >= 4 is 23.2 Å². The zero-order valence-electron chi connectivity index (χ0n) is 13.4. The van der Waals surface area contributed by atoms with Crippen molar-refractivity contribution < 1.29 is 14.3 Å². The summed E-state index contributed by atoms with van der Waals surface area (Å²) in [5.74, 6) is 1.31. The quantitative estimate of drug-likeness (QED) is 0.847. The maximum Gasteiger partial charge on any atom is 0.262 e. The van der Waals surface area contributed by atoms with Crippen molar-refractivity contribution in [1.29, 1.82) is 0 Å². The minimum absolute atomic E-state index is 0.0839. The van der Waals surface area contributed by atoms with E-state index < -0.39 is 0 Å². The third-order valence-electron chi connectivity index (χ3n) is 3.34. The highest BCUT2D eigenvalue weighted by Crippen LogP contribution is 2.28. The number of methoxy groups -OCH3 is 1. The van der Waals surface area contributed by atoms with Gasteiger partial charge in [0.05, 0.1) is 12.8 Å². The number of halogens is 1. The second kappa shape index (κ2) is 7.88. The Hall–Kier alpha value is -2.20. The molecule has 0 spiro atoms. The number of benzene rings is 2. The van der Waals surface area contributed by atoms with Crippen LogP contribution < -0.4 is 14.8 Å². The van der Waals surface area contributed by atoms with Crippen LogP contribution in [0.3, 0.4) is 0 Å². The van der Waals surface area contributed by atoms with Gasteiger partial charge in [-0.15, -0.1) is 0 Å². The Morgan fingerprint density at radius 2 is 1.91 bits per heavy atom. The average molecular weight is 334 g/mol. The topological polar surface area (TPSA) is 47.6 Å². The van der Waals surface area contributed by atoms with Gasteiger partial charge in [0.2, 0.25) is 0 Å². The Kier molecular flexibility index (Phi) is 5.88. The van der Waals surface area contributed by atoms with Gasteiger partial charge in [0.1, 0.15) is 11.5 Å². The van der Waals surface area contributed by atoms with Crippen LogP contribution in [0.5, 0.6) is 11.5 Å². The molecule has 0 aliphatic carbocycles. The lowest BCUT2D eigenvalue weighted by Gasteiger charge is -2.14. The number of anilines is 1. The van der Waals surface area contributed by atoms with Gasteiger partial charge in [-0.25, -0.2) is 0 Å². The minimum atomic E-state index is -0.274. The van der Waals surface area contributed by atoms with Crippen LogP contribution in [0.1, 0.15) is 25.3 Å². The van der Waals surface area contributed by atoms with Crippen molar-refractivity contribution in [3.63, 3.8) is 0 Å². The summed E-state index contributed by atoms with van der Waals surface area (Å²) in [5, 5.41) is 3.27. The van der Waals surface area contributed by atoms with E-state index in [-0.39, 0.29) is 12.5 Å². The summed E-state index contributed by atoms with van der Waals surface area (Å²) in [4.78, 5) is 12.1. The zero-order chi connectivity index (χ0) is 16.8. The molecule has 0 aromatic heterocycles. The standard InChI is InChI=1S/C18H20ClNO3/c1-12(2)14-6-4-5-7-16(14)23-11-18(21)20-15-10-13(19)8-9-17(15)22-3/h4-10,12H,11H2,1-3H3,(H,20,21). The SMILES string of the molecule is COc1ccc(Cl)cc1NC(=O)COc1ccccc1C(C)C.